The van der Waals surface area contributed by atoms with E-state index in [0.29, 0.717) is 6.54 Å². The first kappa shape index (κ1) is 13.0. The normalized spacial score (nSPS) is 11.8. The molecule has 1 aromatic heterocycles. The molecule has 98 valence electrons. The number of hydrogen-bond acceptors (Lipinski definition) is 3. The molecular formula is C14H15N3O2. The molecule has 0 radical (unpaired) electrons. The predicted molar refractivity (Wildman–Crippen MR) is 72.0 cm³/mol. The van der Waals surface area contributed by atoms with E-state index in [4.69, 9.17) is 0 Å². The summed E-state index contributed by atoms with van der Waals surface area (Å²) in [6.07, 6.45) is 0. The zero-order valence-corrected chi connectivity index (χ0v) is 10.6. The number of aromatic amines is 1. The van der Waals surface area contributed by atoms with E-state index in [9.17, 15) is 9.59 Å². The molecular weight excluding hydrogens is 242 g/mol. The van der Waals surface area contributed by atoms with E-state index in [1.807, 2.05) is 37.3 Å². The van der Waals surface area contributed by atoms with Gasteiger partial charge in [-0.1, -0.05) is 37.3 Å². The van der Waals surface area contributed by atoms with Gasteiger partial charge in [0.1, 0.15) is 5.69 Å². The van der Waals surface area contributed by atoms with Gasteiger partial charge in [-0.25, -0.2) is 5.10 Å². The topological polar surface area (TPSA) is 74.8 Å². The Hall–Kier alpha value is -2.43. The highest BCUT2D eigenvalue weighted by molar-refractivity contribution is 5.91. The summed E-state index contributed by atoms with van der Waals surface area (Å²) in [5.41, 5.74) is 1.05. The number of nitrogens with zero attached hydrogens (tertiary/aromatic N) is 1. The molecule has 5 nitrogen and oxygen atoms in total. The fourth-order valence-corrected chi connectivity index (χ4v) is 1.71. The highest BCUT2D eigenvalue weighted by Crippen LogP contribution is 2.12. The fraction of sp³-hybridized carbons (Fsp3) is 0.214. The second kappa shape index (κ2) is 5.95. The smallest absolute Gasteiger partial charge is 0.271 e. The molecule has 2 aromatic rings. The predicted octanol–water partition coefficient (Wildman–Crippen LogP) is 1.30. The molecule has 2 rings (SSSR count). The average Bonchev–Trinajstić information content (AvgIpc) is 2.46. The van der Waals surface area contributed by atoms with Gasteiger partial charge in [0, 0.05) is 12.6 Å². The number of rotatable bonds is 4. The highest BCUT2D eigenvalue weighted by Gasteiger charge is 2.10. The lowest BCUT2D eigenvalue weighted by atomic mass is 10.0. The van der Waals surface area contributed by atoms with E-state index in [1.165, 1.54) is 12.1 Å². The lowest BCUT2D eigenvalue weighted by Crippen LogP contribution is -2.29. The van der Waals surface area contributed by atoms with Gasteiger partial charge in [-0.05, 0) is 17.5 Å². The largest absolute Gasteiger partial charge is 0.350 e. The second-order valence-electron chi connectivity index (χ2n) is 4.33. The monoisotopic (exact) mass is 257 g/mol. The lowest BCUT2D eigenvalue weighted by molar-refractivity contribution is 0.0945. The Morgan fingerprint density at radius 3 is 2.63 bits per heavy atom. The van der Waals surface area contributed by atoms with Crippen molar-refractivity contribution in [3.8, 4) is 0 Å². The SMILES string of the molecule is CC(CNC(=O)c1ccc(=O)[nH]n1)c1ccccc1. The Balaban J connectivity index is 1.94. The summed E-state index contributed by atoms with van der Waals surface area (Å²) in [7, 11) is 0. The Bertz CT molecular complexity index is 587. The van der Waals surface area contributed by atoms with E-state index in [0.717, 1.165) is 5.56 Å². The molecule has 0 saturated carbocycles. The Kier molecular flexibility index (Phi) is 4.07. The van der Waals surface area contributed by atoms with Crippen LogP contribution in [-0.2, 0) is 0 Å². The number of amides is 1. The van der Waals surface area contributed by atoms with Gasteiger partial charge in [0.2, 0.25) is 0 Å². The van der Waals surface area contributed by atoms with Crippen LogP contribution in [0, 0.1) is 0 Å². The first-order chi connectivity index (χ1) is 9.16. The van der Waals surface area contributed by atoms with Crippen LogP contribution in [0.1, 0.15) is 28.9 Å². The quantitative estimate of drug-likeness (QED) is 0.867. The van der Waals surface area contributed by atoms with Crippen LogP contribution in [0.25, 0.3) is 0 Å². The Labute approximate surface area is 110 Å². The number of carbonyl (C=O) groups excluding carboxylic acids is 1. The van der Waals surface area contributed by atoms with Gasteiger partial charge in [0.15, 0.2) is 0 Å². The maximum atomic E-state index is 11.8. The second-order valence-corrected chi connectivity index (χ2v) is 4.33. The first-order valence-electron chi connectivity index (χ1n) is 6.05. The van der Waals surface area contributed by atoms with Crippen molar-refractivity contribution in [1.29, 1.82) is 0 Å². The van der Waals surface area contributed by atoms with Crippen LogP contribution in [-0.4, -0.2) is 22.6 Å². The van der Waals surface area contributed by atoms with Crippen LogP contribution in [0.3, 0.4) is 0 Å². The standard InChI is InChI=1S/C14H15N3O2/c1-10(11-5-3-2-4-6-11)9-15-14(19)12-7-8-13(18)17-16-12/h2-8,10H,9H2,1H3,(H,15,19)(H,17,18). The van der Waals surface area contributed by atoms with Crippen LogP contribution < -0.4 is 10.9 Å². The van der Waals surface area contributed by atoms with Crippen molar-refractivity contribution >= 4 is 5.91 Å². The van der Waals surface area contributed by atoms with Crippen molar-refractivity contribution in [2.24, 2.45) is 0 Å². The Morgan fingerprint density at radius 2 is 2.00 bits per heavy atom. The summed E-state index contributed by atoms with van der Waals surface area (Å²) in [5.74, 6) is -0.0769. The molecule has 1 unspecified atom stereocenters. The Morgan fingerprint density at radius 1 is 1.26 bits per heavy atom. The molecule has 2 N–H and O–H groups in total. The zero-order chi connectivity index (χ0) is 13.7. The fourth-order valence-electron chi connectivity index (χ4n) is 1.71. The van der Waals surface area contributed by atoms with Crippen molar-refractivity contribution in [3.05, 3.63) is 64.1 Å². The van der Waals surface area contributed by atoms with Gasteiger partial charge >= 0.3 is 0 Å². The van der Waals surface area contributed by atoms with Crippen LogP contribution in [0.5, 0.6) is 0 Å². The average molecular weight is 257 g/mol. The minimum atomic E-state index is -0.325. The molecule has 0 aliphatic heterocycles. The number of carbonyl (C=O) groups is 1. The molecule has 0 fully saturated rings. The molecule has 1 heterocycles. The van der Waals surface area contributed by atoms with Crippen molar-refractivity contribution in [2.45, 2.75) is 12.8 Å². The van der Waals surface area contributed by atoms with Crippen molar-refractivity contribution in [2.75, 3.05) is 6.54 Å². The molecule has 0 aliphatic carbocycles. The van der Waals surface area contributed by atoms with Gasteiger partial charge in [-0.2, -0.15) is 5.10 Å². The third-order valence-corrected chi connectivity index (χ3v) is 2.85. The summed E-state index contributed by atoms with van der Waals surface area (Å²) in [5, 5.41) is 8.71. The van der Waals surface area contributed by atoms with Crippen LogP contribution >= 0.6 is 0 Å². The van der Waals surface area contributed by atoms with Gasteiger partial charge in [-0.3, -0.25) is 9.59 Å². The number of hydrogen-bond donors (Lipinski definition) is 2. The van der Waals surface area contributed by atoms with Crippen LogP contribution in [0.4, 0.5) is 0 Å². The minimum absolute atomic E-state index is 0.208. The third kappa shape index (κ3) is 3.51. The zero-order valence-electron chi connectivity index (χ0n) is 10.6. The number of H-pyrrole nitrogens is 1. The third-order valence-electron chi connectivity index (χ3n) is 2.85. The van der Waals surface area contributed by atoms with Gasteiger partial charge in [-0.15, -0.1) is 0 Å². The highest BCUT2D eigenvalue weighted by atomic mass is 16.2. The molecule has 5 heteroatoms. The summed E-state index contributed by atoms with van der Waals surface area (Å²) < 4.78 is 0. The number of nitrogens with one attached hydrogen (secondary N) is 2. The van der Waals surface area contributed by atoms with E-state index in [2.05, 4.69) is 15.5 Å². The number of benzene rings is 1. The molecule has 0 bridgehead atoms. The molecule has 0 aliphatic rings. The van der Waals surface area contributed by atoms with E-state index in [-0.39, 0.29) is 23.1 Å². The molecule has 19 heavy (non-hydrogen) atoms. The number of aromatic nitrogens is 2. The maximum Gasteiger partial charge on any atom is 0.271 e. The van der Waals surface area contributed by atoms with Crippen molar-refractivity contribution < 1.29 is 4.79 Å². The summed E-state index contributed by atoms with van der Waals surface area (Å²) in [6, 6.07) is 12.6. The lowest BCUT2D eigenvalue weighted by Gasteiger charge is -2.12. The van der Waals surface area contributed by atoms with E-state index < -0.39 is 0 Å². The summed E-state index contributed by atoms with van der Waals surface area (Å²) >= 11 is 0. The van der Waals surface area contributed by atoms with E-state index >= 15 is 0 Å². The van der Waals surface area contributed by atoms with E-state index in [1.54, 1.807) is 0 Å². The van der Waals surface area contributed by atoms with Gasteiger partial charge < -0.3 is 5.32 Å². The van der Waals surface area contributed by atoms with Crippen LogP contribution in [0.2, 0.25) is 0 Å². The maximum absolute atomic E-state index is 11.8. The van der Waals surface area contributed by atoms with Gasteiger partial charge in [0.05, 0.1) is 0 Å². The summed E-state index contributed by atoms with van der Waals surface area (Å²) in [6.45, 7) is 2.56. The van der Waals surface area contributed by atoms with Crippen molar-refractivity contribution in [3.63, 3.8) is 0 Å². The van der Waals surface area contributed by atoms with Gasteiger partial charge in [0.25, 0.3) is 11.5 Å². The molecule has 1 aromatic carbocycles. The van der Waals surface area contributed by atoms with Crippen molar-refractivity contribution in [1.82, 2.24) is 15.5 Å². The molecule has 0 saturated heterocycles. The molecule has 1 amide bonds. The molecule has 1 atom stereocenters. The first-order valence-corrected chi connectivity index (χ1v) is 6.05. The van der Waals surface area contributed by atoms with Crippen LogP contribution in [0.15, 0.2) is 47.3 Å². The summed E-state index contributed by atoms with van der Waals surface area (Å²) in [4.78, 5) is 22.6. The minimum Gasteiger partial charge on any atom is -0.350 e. The molecule has 0 spiro atoms.